The van der Waals surface area contributed by atoms with Gasteiger partial charge in [0.25, 0.3) is 0 Å². The van der Waals surface area contributed by atoms with E-state index in [-0.39, 0.29) is 15.8 Å². The molecule has 0 unspecified atom stereocenters. The Morgan fingerprint density at radius 1 is 0.688 bits per heavy atom. The summed E-state index contributed by atoms with van der Waals surface area (Å²) in [5.41, 5.74) is 3.11. The minimum absolute atomic E-state index is 0.0692. The van der Waals surface area contributed by atoms with Crippen LogP contribution in [0, 0.1) is 62.7 Å². The van der Waals surface area contributed by atoms with Crippen LogP contribution in [-0.2, 0) is 0 Å². The molecule has 0 nitrogen and oxygen atoms in total. The van der Waals surface area contributed by atoms with Crippen molar-refractivity contribution in [2.75, 3.05) is 25.7 Å². The molecule has 2 rings (SSSR count). The molecule has 0 N–H and O–H groups in total. The van der Waals surface area contributed by atoms with Crippen LogP contribution in [0.15, 0.2) is 0 Å². The normalized spacial score (nSPS) is 27.4. The van der Waals surface area contributed by atoms with Crippen molar-refractivity contribution in [3.8, 4) is 0 Å². The van der Waals surface area contributed by atoms with E-state index in [0.29, 0.717) is 0 Å². The summed E-state index contributed by atoms with van der Waals surface area (Å²) in [6.45, 7) is 4.80. The molecule has 10 radical (unpaired) electrons. The maximum atomic E-state index is 2.40. The van der Waals surface area contributed by atoms with Gasteiger partial charge in [0.1, 0.15) is 0 Å². The van der Waals surface area contributed by atoms with Crippen molar-refractivity contribution in [2.45, 2.75) is 0 Å². The minimum Gasteiger partial charge on any atom is -0.102 e. The van der Waals surface area contributed by atoms with E-state index in [9.17, 15) is 0 Å². The van der Waals surface area contributed by atoms with Crippen molar-refractivity contribution in [1.82, 2.24) is 0 Å². The third-order valence-corrected chi connectivity index (χ3v) is 7.44. The lowest BCUT2D eigenvalue weighted by Crippen LogP contribution is -2.00. The van der Waals surface area contributed by atoms with Gasteiger partial charge in [0.15, 0.2) is 0 Å². The third-order valence-electron chi connectivity index (χ3n) is 2.94. The minimum atomic E-state index is 0.0692. The van der Waals surface area contributed by atoms with Gasteiger partial charge >= 0.3 is 0 Å². The first-order chi connectivity index (χ1) is 7.77. The zero-order chi connectivity index (χ0) is 11.4. The van der Waals surface area contributed by atoms with E-state index in [0.717, 1.165) is 0 Å². The maximum absolute atomic E-state index is 2.40. The summed E-state index contributed by atoms with van der Waals surface area (Å²) < 4.78 is 0. The highest BCUT2D eigenvalue weighted by Crippen LogP contribution is 2.55. The first-order valence-electron chi connectivity index (χ1n) is 5.63. The van der Waals surface area contributed by atoms with Crippen LogP contribution in [-0.4, -0.2) is 25.7 Å². The van der Waals surface area contributed by atoms with Gasteiger partial charge in [-0.1, -0.05) is 0 Å². The van der Waals surface area contributed by atoms with Crippen LogP contribution in [0.5, 0.6) is 0 Å². The molecule has 0 aliphatic heterocycles. The predicted molar refractivity (Wildman–Crippen MR) is 76.3 cm³/mol. The van der Waals surface area contributed by atoms with E-state index < -0.39 is 0 Å². The Hall–Kier alpha value is 0.860. The zero-order valence-electron chi connectivity index (χ0n) is 9.93. The molecule has 84 valence electrons. The SMILES string of the molecule is C[P@@](CC[P@](C)[C]1[CH][CH][CH][CH]1)[C]1[CH][CH][CH][CH]1. The van der Waals surface area contributed by atoms with Crippen LogP contribution in [0.3, 0.4) is 0 Å². The molecule has 2 heteroatoms. The van der Waals surface area contributed by atoms with Gasteiger partial charge in [-0.15, -0.1) is 15.8 Å². The molecule has 2 atom stereocenters. The van der Waals surface area contributed by atoms with Crippen molar-refractivity contribution >= 4 is 15.8 Å². The van der Waals surface area contributed by atoms with Crippen molar-refractivity contribution in [3.05, 3.63) is 62.7 Å². The van der Waals surface area contributed by atoms with Crippen molar-refractivity contribution in [2.24, 2.45) is 0 Å². The topological polar surface area (TPSA) is 0 Å². The van der Waals surface area contributed by atoms with E-state index in [1.54, 1.807) is 11.3 Å². The summed E-state index contributed by atoms with van der Waals surface area (Å²) >= 11 is 0. The van der Waals surface area contributed by atoms with Gasteiger partial charge in [-0.3, -0.25) is 0 Å². The zero-order valence-corrected chi connectivity index (χ0v) is 11.7. The Kier molecular flexibility index (Phi) is 5.57. The Morgan fingerprint density at radius 3 is 1.31 bits per heavy atom. The third kappa shape index (κ3) is 3.68. The van der Waals surface area contributed by atoms with Gasteiger partial charge < -0.3 is 0 Å². The quantitative estimate of drug-likeness (QED) is 0.646. The summed E-state index contributed by atoms with van der Waals surface area (Å²) in [7, 11) is 0.138. The molecule has 0 aromatic carbocycles. The number of hydrogen-bond acceptors (Lipinski definition) is 0. The standard InChI is InChI=1S/C14H18P2/c1-15(13-7-3-4-8-13)11-12-16(2)14-9-5-6-10-14/h3-10H,11-12H2,1-2H3/t15-,16-/m0/s1. The molecule has 0 aromatic rings. The fourth-order valence-corrected chi connectivity index (χ4v) is 6.07. The molecule has 0 heterocycles. The summed E-state index contributed by atoms with van der Waals surface area (Å²) in [5.74, 6) is 0. The summed E-state index contributed by atoms with van der Waals surface area (Å²) in [6, 6.07) is 0. The summed E-state index contributed by atoms with van der Waals surface area (Å²) in [6.07, 6.45) is 20.4. The highest BCUT2D eigenvalue weighted by Gasteiger charge is 2.26. The molecule has 2 aliphatic carbocycles. The molecular weight excluding hydrogens is 230 g/mol. The molecule has 0 saturated heterocycles. The molecule has 0 bridgehead atoms. The second kappa shape index (κ2) is 6.70. The second-order valence-electron chi connectivity index (χ2n) is 4.13. The van der Waals surface area contributed by atoms with E-state index in [1.165, 1.54) is 12.3 Å². The Bertz CT molecular complexity index is 171. The van der Waals surface area contributed by atoms with Gasteiger partial charge in [0.2, 0.25) is 0 Å². The smallest absolute Gasteiger partial charge is 0.00727 e. The Labute approximate surface area is 104 Å². The number of hydrogen-bond donors (Lipinski definition) is 0. The lowest BCUT2D eigenvalue weighted by molar-refractivity contribution is 1.40. The summed E-state index contributed by atoms with van der Waals surface area (Å²) in [4.78, 5) is 0. The average Bonchev–Trinajstić information content (AvgIpc) is 2.95. The highest BCUT2D eigenvalue weighted by molar-refractivity contribution is 7.64. The van der Waals surface area contributed by atoms with Gasteiger partial charge in [0.05, 0.1) is 0 Å². The largest absolute Gasteiger partial charge is 0.102 e. The molecule has 2 saturated carbocycles. The predicted octanol–water partition coefficient (Wildman–Crippen LogP) is 3.94. The monoisotopic (exact) mass is 248 g/mol. The van der Waals surface area contributed by atoms with Crippen molar-refractivity contribution in [1.29, 1.82) is 0 Å². The molecule has 0 amide bonds. The lowest BCUT2D eigenvalue weighted by atomic mass is 10.4. The molecular formula is C14H18P2. The first-order valence-corrected chi connectivity index (χ1v) is 9.58. The van der Waals surface area contributed by atoms with Crippen molar-refractivity contribution in [3.63, 3.8) is 0 Å². The number of rotatable bonds is 5. The fourth-order valence-electron chi connectivity index (χ4n) is 1.79. The molecule has 16 heavy (non-hydrogen) atoms. The van der Waals surface area contributed by atoms with Gasteiger partial charge in [-0.05, 0) is 77.0 Å². The molecule has 0 aromatic heterocycles. The Balaban J connectivity index is 1.65. The van der Waals surface area contributed by atoms with E-state index in [2.05, 4.69) is 64.7 Å². The van der Waals surface area contributed by atoms with E-state index in [1.807, 2.05) is 0 Å². The van der Waals surface area contributed by atoms with Gasteiger partial charge in [0, 0.05) is 11.3 Å². The fraction of sp³-hybridized carbons (Fsp3) is 0.286. The molecule has 2 aliphatic rings. The van der Waals surface area contributed by atoms with Crippen LogP contribution in [0.1, 0.15) is 0 Å². The molecule has 2 fully saturated rings. The average molecular weight is 248 g/mol. The van der Waals surface area contributed by atoms with Gasteiger partial charge in [-0.2, -0.15) is 0 Å². The van der Waals surface area contributed by atoms with Crippen LogP contribution < -0.4 is 0 Å². The summed E-state index contributed by atoms with van der Waals surface area (Å²) in [5, 5.41) is 0. The van der Waals surface area contributed by atoms with Crippen LogP contribution in [0.2, 0.25) is 0 Å². The van der Waals surface area contributed by atoms with Gasteiger partial charge in [-0.25, -0.2) is 0 Å². The van der Waals surface area contributed by atoms with E-state index in [4.69, 9.17) is 0 Å². The maximum Gasteiger partial charge on any atom is 0.00727 e. The van der Waals surface area contributed by atoms with Crippen LogP contribution in [0.25, 0.3) is 0 Å². The molecule has 0 spiro atoms. The van der Waals surface area contributed by atoms with E-state index >= 15 is 0 Å². The highest BCUT2D eigenvalue weighted by atomic mass is 31.1. The van der Waals surface area contributed by atoms with Crippen LogP contribution >= 0.6 is 15.8 Å². The Morgan fingerprint density at radius 2 is 1.00 bits per heavy atom. The van der Waals surface area contributed by atoms with Crippen molar-refractivity contribution < 1.29 is 0 Å². The lowest BCUT2D eigenvalue weighted by Gasteiger charge is -2.23. The first kappa shape index (κ1) is 13.3. The van der Waals surface area contributed by atoms with Crippen LogP contribution in [0.4, 0.5) is 0 Å². The second-order valence-corrected chi connectivity index (χ2v) is 8.85.